The predicted molar refractivity (Wildman–Crippen MR) is 500 cm³/mol. The maximum absolute atomic E-state index is 14.5. The molecule has 0 bridgehead atoms. The number of ether oxygens (including phenoxy) is 23. The van der Waals surface area contributed by atoms with Crippen molar-refractivity contribution >= 4 is 0 Å². The lowest BCUT2D eigenvalue weighted by Crippen LogP contribution is -2.62. The molecule has 7 aromatic rings. The van der Waals surface area contributed by atoms with Crippen molar-refractivity contribution in [1.29, 1.82) is 0 Å². The van der Waals surface area contributed by atoms with Gasteiger partial charge in [0.25, 0.3) is 0 Å². The summed E-state index contributed by atoms with van der Waals surface area (Å²) in [6, 6.07) is 67.0. The summed E-state index contributed by atoms with van der Waals surface area (Å²) in [6.07, 6.45) is -27.2. The van der Waals surface area contributed by atoms with E-state index in [1.165, 1.54) is 28.4 Å². The molecule has 0 aromatic heterocycles. The summed E-state index contributed by atoms with van der Waals surface area (Å²) >= 11 is 0. The number of hydrogen-bond acceptors (Lipinski definition) is 31. The average molecular weight is 1990 g/mol. The van der Waals surface area contributed by atoms with Crippen LogP contribution in [0.3, 0.4) is 0 Å². The molecule has 11 heterocycles. The minimum absolute atomic E-state index is 0.0981. The van der Waals surface area contributed by atoms with E-state index in [2.05, 4.69) is 6.58 Å². The minimum Gasteiger partial charge on any atom is -0.492 e. The SMILES string of the molecule is C=C1O[C@H](CC)[C@@H](C)[C@@H](F)[C@H]1OCc1ccccc1.CC1O[C@@H]2CO[C@@H](c3ccccc3)O[C@H]2[C@@H](F)[C@@H]1C.CC1O[C@@H]2CO[C@@H](c3ccccc3)O[C@H]2[C@@H](F)[C@H]1O.CC[C@H]1O[C@@H](OC)[C@H](OCc2ccccc2)[C@H](F)[C@@H]1C.COC(OC)c1ccccc1.CO[C@@H]1O[C@@H]2CO[C@@H](c3ccccc3)O[C@H]2[C@@H](F)[C@H]1O.CO[C@@H]1O[C@@H]2CO[C@@H](c3ccccc3)O[C@H]2[C@H](O)[C@H]1O.CO[C@@H]1O[C@H](CO)[C@@H](O)[C@H](O)[C@H]1O. The maximum Gasteiger partial charge on any atom is 0.186 e. The highest BCUT2D eigenvalue weighted by molar-refractivity contribution is 5.22. The Bertz CT molecular complexity index is 4370. The second kappa shape index (κ2) is 57.0. The lowest BCUT2D eigenvalue weighted by atomic mass is 9.89. The quantitative estimate of drug-likeness (QED) is 0.0259. The van der Waals surface area contributed by atoms with Gasteiger partial charge in [-0.2, -0.15) is 0 Å². The van der Waals surface area contributed by atoms with Crippen molar-refractivity contribution < 1.29 is 172 Å². The number of hydrogen-bond donors (Lipinski definition) is 8. The molecule has 782 valence electrons. The first kappa shape index (κ1) is 114. The van der Waals surface area contributed by atoms with Gasteiger partial charge in [-0.15, -0.1) is 0 Å². The molecule has 11 aliphatic heterocycles. The first-order valence-corrected chi connectivity index (χ1v) is 47.7. The summed E-state index contributed by atoms with van der Waals surface area (Å²) in [5.74, 6) is -0.104. The molecule has 8 N–H and O–H groups in total. The minimum atomic E-state index is -1.58. The van der Waals surface area contributed by atoms with Crippen LogP contribution in [0, 0.1) is 17.8 Å². The number of fused-ring (bicyclic) bond motifs is 4. The molecule has 0 radical (unpaired) electrons. The Morgan fingerprint density at radius 2 is 0.681 bits per heavy atom. The van der Waals surface area contributed by atoms with Gasteiger partial charge in [0.15, 0.2) is 69.0 Å². The number of rotatable bonds is 20. The molecular formula is C105H141F5O31. The van der Waals surface area contributed by atoms with E-state index in [4.69, 9.17) is 114 Å². The lowest BCUT2D eigenvalue weighted by Gasteiger charge is -2.45. The van der Waals surface area contributed by atoms with Crippen molar-refractivity contribution in [3.63, 3.8) is 0 Å². The number of alkyl halides is 5. The zero-order valence-electron chi connectivity index (χ0n) is 81.7. The normalized spacial score (nSPS) is 37.3. The topological polar surface area (TPSA) is 374 Å². The van der Waals surface area contributed by atoms with Crippen LogP contribution in [-0.4, -0.2) is 307 Å². The molecule has 11 fully saturated rings. The monoisotopic (exact) mass is 1990 g/mol. The van der Waals surface area contributed by atoms with Gasteiger partial charge >= 0.3 is 0 Å². The first-order valence-electron chi connectivity index (χ1n) is 47.7. The van der Waals surface area contributed by atoms with Gasteiger partial charge in [-0.25, -0.2) is 22.0 Å². The van der Waals surface area contributed by atoms with Crippen molar-refractivity contribution in [2.75, 3.05) is 75.7 Å². The molecule has 2 unspecified atom stereocenters. The Kier molecular flexibility index (Phi) is 46.0. The Labute approximate surface area is 821 Å². The summed E-state index contributed by atoms with van der Waals surface area (Å²) in [6.45, 7) is 18.3. The summed E-state index contributed by atoms with van der Waals surface area (Å²) in [5, 5.41) is 76.1. The molecule has 0 saturated carbocycles. The molecule has 0 amide bonds. The van der Waals surface area contributed by atoms with Gasteiger partial charge in [-0.3, -0.25) is 0 Å². The predicted octanol–water partition coefficient (Wildman–Crippen LogP) is 12.4. The van der Waals surface area contributed by atoms with E-state index < -0.39 is 198 Å². The maximum atomic E-state index is 14.5. The third-order valence-electron chi connectivity index (χ3n) is 26.1. The van der Waals surface area contributed by atoms with E-state index in [9.17, 15) is 57.7 Å². The number of aliphatic hydroxyl groups excluding tert-OH is 8. The van der Waals surface area contributed by atoms with Crippen LogP contribution in [0.5, 0.6) is 0 Å². The van der Waals surface area contributed by atoms with Crippen LogP contribution in [0.25, 0.3) is 0 Å². The Morgan fingerprint density at radius 3 is 1.10 bits per heavy atom. The third-order valence-corrected chi connectivity index (χ3v) is 26.1. The van der Waals surface area contributed by atoms with Gasteiger partial charge in [0.2, 0.25) is 0 Å². The number of aliphatic hydroxyl groups is 8. The van der Waals surface area contributed by atoms with Gasteiger partial charge < -0.3 is 150 Å². The van der Waals surface area contributed by atoms with Crippen molar-refractivity contribution in [2.45, 2.75) is 296 Å². The summed E-state index contributed by atoms with van der Waals surface area (Å²) in [5.41, 5.74) is 6.49. The van der Waals surface area contributed by atoms with Crippen LogP contribution in [0.1, 0.15) is 132 Å². The van der Waals surface area contributed by atoms with E-state index in [1.807, 2.05) is 254 Å². The molecular weight excluding hydrogens is 1850 g/mol. The molecule has 7 aromatic carbocycles. The molecule has 0 spiro atoms. The van der Waals surface area contributed by atoms with E-state index in [0.717, 1.165) is 51.8 Å². The fourth-order valence-corrected chi connectivity index (χ4v) is 17.6. The summed E-state index contributed by atoms with van der Waals surface area (Å²) in [7, 11) is 8.85. The largest absolute Gasteiger partial charge is 0.492 e. The Hall–Kier alpha value is -7.47. The second-order valence-corrected chi connectivity index (χ2v) is 35.6. The first-order chi connectivity index (χ1) is 68.0. The molecule has 11 saturated heterocycles. The summed E-state index contributed by atoms with van der Waals surface area (Å²) < 4.78 is 197. The number of benzene rings is 7. The van der Waals surface area contributed by atoms with E-state index >= 15 is 0 Å². The molecule has 11 aliphatic rings. The van der Waals surface area contributed by atoms with Crippen LogP contribution < -0.4 is 0 Å². The van der Waals surface area contributed by atoms with Crippen LogP contribution >= 0.6 is 0 Å². The van der Waals surface area contributed by atoms with E-state index in [0.29, 0.717) is 25.6 Å². The van der Waals surface area contributed by atoms with Crippen LogP contribution in [0.4, 0.5) is 22.0 Å². The van der Waals surface area contributed by atoms with Gasteiger partial charge in [-0.1, -0.05) is 254 Å². The third kappa shape index (κ3) is 30.4. The molecule has 31 nitrogen and oxygen atoms in total. The van der Waals surface area contributed by atoms with Crippen LogP contribution in [0.2, 0.25) is 0 Å². The van der Waals surface area contributed by atoms with E-state index in [-0.39, 0.29) is 68.3 Å². The fourth-order valence-electron chi connectivity index (χ4n) is 17.6. The van der Waals surface area contributed by atoms with Gasteiger partial charge in [-0.05, 0) is 37.8 Å². The second-order valence-electron chi connectivity index (χ2n) is 35.6. The van der Waals surface area contributed by atoms with E-state index in [1.54, 1.807) is 21.1 Å². The van der Waals surface area contributed by atoms with Crippen molar-refractivity contribution in [1.82, 2.24) is 0 Å². The number of methoxy groups -OCH3 is 6. The summed E-state index contributed by atoms with van der Waals surface area (Å²) in [4.78, 5) is 0. The van der Waals surface area contributed by atoms with Crippen molar-refractivity contribution in [2.24, 2.45) is 17.8 Å². The Balaban J connectivity index is 0.000000155. The average Bonchev–Trinajstić information content (AvgIpc) is 0.797. The van der Waals surface area contributed by atoms with Crippen molar-refractivity contribution in [3.8, 4) is 0 Å². The highest BCUT2D eigenvalue weighted by atomic mass is 19.2. The number of halogens is 5. The molecule has 36 heteroatoms. The van der Waals surface area contributed by atoms with Gasteiger partial charge in [0.1, 0.15) is 140 Å². The molecule has 141 heavy (non-hydrogen) atoms. The van der Waals surface area contributed by atoms with Crippen LogP contribution in [-0.2, 0) is 122 Å². The zero-order valence-corrected chi connectivity index (χ0v) is 81.7. The highest BCUT2D eigenvalue weighted by Gasteiger charge is 2.55. The van der Waals surface area contributed by atoms with Crippen molar-refractivity contribution in [3.05, 3.63) is 264 Å². The zero-order chi connectivity index (χ0) is 102. The van der Waals surface area contributed by atoms with Gasteiger partial charge in [0.05, 0.1) is 64.6 Å². The fraction of sp³-hybridized carbons (Fsp3) is 0.581. The van der Waals surface area contributed by atoms with Gasteiger partial charge in [0, 0.05) is 88.2 Å². The smallest absolute Gasteiger partial charge is 0.186 e. The Morgan fingerprint density at radius 1 is 0.333 bits per heavy atom. The molecule has 38 atom stereocenters. The lowest BCUT2D eigenvalue weighted by molar-refractivity contribution is -0.358. The molecule has 0 aliphatic carbocycles. The van der Waals surface area contributed by atoms with Crippen LogP contribution in [0.15, 0.2) is 225 Å². The standard InChI is InChI=1S/C16H23FO3.C16H21FO2.C15H19FO3.C14H17FO5.C14H17FO4.C14H18O6.C9H12O2.C7H14O6/c1-4-13-11(2)14(17)15(16(18-3)20-13)19-10-12-8-6-5-7-9-12;1-4-14-11(2)15(17)16(12(3)19-14)18-10-13-8-6-5-7-9-13;1-9-10(2)18-12-8-17-15(19-14(12)13(9)16)11-6-4-3-5-7-11;1-17-14-11(16)10(15)12-9(19-14)7-18-13(20-12)8-5-3-2-4-6-8;1-8-12(16)11(15)13-10(18-8)7-17-14(19-13)9-5-3-2-4-6-9;1-17-14-11(16)10(15)12-9(19-14)7-18-13(20-12)8-5-3-2-4-6-8;1-10-9(11-2)8-6-4-3-5-7-8;1-12-7-6(11)5(10)4(9)3(2-8)13-7/h5-9,11,13-16H,4,10H2,1-3H3;5-9,11,14-16H,3-4,10H2,1-2H3;3-7,9-10,12-15H,8H2,1-2H3;2-6,9-14,16H,7H2,1H3;2-6,8,10-14,16H,7H2,1H3;2-6,9-16H,7H2,1H3;3-7,9H,1-2H3;3-11H,2H2,1H3/t11-,13-,14-,15-,16-;11-,14-,15-,16+;9-,10?,12-,13+,14-,15-;9-,10+,11-,12-,13-,14-;8?,10-,11+,12+,13-,14-;9-,10-,11-,12-,13-,14-;;3-,4-,5+,6-,7-/m111111.1/s1. The molecule has 18 rings (SSSR count). The highest BCUT2D eigenvalue weighted by Crippen LogP contribution is 2.43.